The van der Waals surface area contributed by atoms with Crippen molar-refractivity contribution in [1.29, 1.82) is 0 Å². The first kappa shape index (κ1) is 14.9. The fourth-order valence-corrected chi connectivity index (χ4v) is 2.06. The van der Waals surface area contributed by atoms with E-state index in [1.54, 1.807) is 20.8 Å². The molecule has 1 aromatic rings. The molecule has 7 nitrogen and oxygen atoms in total. The molecule has 20 heavy (non-hydrogen) atoms. The maximum atomic E-state index is 13.9. The van der Waals surface area contributed by atoms with Crippen LogP contribution in [0.25, 0.3) is 0 Å². The smallest absolute Gasteiger partial charge is 0.351 e. The van der Waals surface area contributed by atoms with E-state index in [4.69, 9.17) is 4.74 Å². The molecule has 0 amide bonds. The normalized spacial score (nSPS) is 29.9. The number of rotatable bonds is 3. The summed E-state index contributed by atoms with van der Waals surface area (Å²) in [4.78, 5) is 15.5. The summed E-state index contributed by atoms with van der Waals surface area (Å²) in [6.45, 7) is 5.13. The van der Waals surface area contributed by atoms with Gasteiger partial charge in [-0.1, -0.05) is 0 Å². The van der Waals surface area contributed by atoms with Gasteiger partial charge in [-0.2, -0.15) is 4.98 Å². The van der Waals surface area contributed by atoms with Gasteiger partial charge in [-0.25, -0.2) is 9.18 Å². The van der Waals surface area contributed by atoms with Gasteiger partial charge in [-0.3, -0.25) is 4.57 Å². The van der Waals surface area contributed by atoms with Crippen LogP contribution in [0.2, 0.25) is 0 Å². The Morgan fingerprint density at radius 2 is 2.10 bits per heavy atom. The lowest BCUT2D eigenvalue weighted by atomic mass is 10.1. The van der Waals surface area contributed by atoms with Crippen molar-refractivity contribution in [3.8, 4) is 0 Å². The molecule has 0 aromatic carbocycles. The Balaban J connectivity index is 2.35. The highest BCUT2D eigenvalue weighted by molar-refractivity contribution is 5.34. The van der Waals surface area contributed by atoms with Gasteiger partial charge >= 0.3 is 5.69 Å². The highest BCUT2D eigenvalue weighted by Crippen LogP contribution is 2.28. The molecule has 0 bridgehead atoms. The first-order valence-electron chi connectivity index (χ1n) is 6.38. The monoisotopic (exact) mass is 287 g/mol. The highest BCUT2D eigenvalue weighted by atomic mass is 19.1. The van der Waals surface area contributed by atoms with Crippen LogP contribution in [0.3, 0.4) is 0 Å². The third kappa shape index (κ3) is 2.67. The number of ether oxygens (including phenoxy) is 1. The molecule has 1 aromatic heterocycles. The van der Waals surface area contributed by atoms with Crippen molar-refractivity contribution >= 4 is 5.82 Å². The third-order valence-electron chi connectivity index (χ3n) is 3.08. The summed E-state index contributed by atoms with van der Waals surface area (Å²) < 4.78 is 20.0. The molecular formula is C12H18FN3O4. The molecule has 1 fully saturated rings. The Bertz CT molecular complexity index is 548. The van der Waals surface area contributed by atoms with Gasteiger partial charge in [0.1, 0.15) is 12.2 Å². The van der Waals surface area contributed by atoms with Crippen LogP contribution in [0.5, 0.6) is 0 Å². The Hall–Kier alpha value is -1.51. The molecule has 0 aliphatic carbocycles. The van der Waals surface area contributed by atoms with Crippen molar-refractivity contribution in [1.82, 2.24) is 9.55 Å². The van der Waals surface area contributed by atoms with Crippen LogP contribution >= 0.6 is 0 Å². The fourth-order valence-electron chi connectivity index (χ4n) is 2.06. The van der Waals surface area contributed by atoms with Gasteiger partial charge in [0.25, 0.3) is 0 Å². The third-order valence-corrected chi connectivity index (χ3v) is 3.08. The first-order valence-corrected chi connectivity index (χ1v) is 6.38. The Morgan fingerprint density at radius 1 is 1.45 bits per heavy atom. The van der Waals surface area contributed by atoms with Gasteiger partial charge in [0.2, 0.25) is 0 Å². The summed E-state index contributed by atoms with van der Waals surface area (Å²) >= 11 is 0. The summed E-state index contributed by atoms with van der Waals surface area (Å²) in [5.74, 6) is -0.884. The van der Waals surface area contributed by atoms with E-state index in [9.17, 15) is 19.4 Å². The van der Waals surface area contributed by atoms with Gasteiger partial charge in [0.05, 0.1) is 12.3 Å². The average Bonchev–Trinajstić information content (AvgIpc) is 2.61. The molecular weight excluding hydrogens is 269 g/mol. The van der Waals surface area contributed by atoms with Crippen molar-refractivity contribution in [3.63, 3.8) is 0 Å². The topological polar surface area (TPSA) is 96.6 Å². The van der Waals surface area contributed by atoms with Crippen molar-refractivity contribution in [3.05, 3.63) is 22.5 Å². The maximum Gasteiger partial charge on any atom is 0.351 e. The Kier molecular flexibility index (Phi) is 4.07. The molecule has 8 heteroatoms. The van der Waals surface area contributed by atoms with Crippen molar-refractivity contribution in [2.75, 3.05) is 5.32 Å². The largest absolute Gasteiger partial charge is 0.388 e. The number of hydrogen-bond acceptors (Lipinski definition) is 6. The average molecular weight is 287 g/mol. The summed E-state index contributed by atoms with van der Waals surface area (Å²) in [6, 6.07) is -0.0811. The first-order chi connectivity index (χ1) is 9.31. The van der Waals surface area contributed by atoms with Crippen LogP contribution in [0.15, 0.2) is 11.0 Å². The number of nitrogens with one attached hydrogen (secondary N) is 1. The van der Waals surface area contributed by atoms with E-state index < -0.39 is 36.0 Å². The summed E-state index contributed by atoms with van der Waals surface area (Å²) in [6.07, 6.45) is -3.34. The van der Waals surface area contributed by atoms with Crippen LogP contribution in [0.4, 0.5) is 10.2 Å². The van der Waals surface area contributed by atoms with E-state index in [-0.39, 0.29) is 11.9 Å². The highest BCUT2D eigenvalue weighted by Gasteiger charge is 2.42. The Morgan fingerprint density at radius 3 is 2.60 bits per heavy atom. The summed E-state index contributed by atoms with van der Waals surface area (Å²) in [5.41, 5.74) is -0.764. The van der Waals surface area contributed by atoms with E-state index in [1.165, 1.54) is 0 Å². The number of aliphatic hydroxyl groups is 2. The summed E-state index contributed by atoms with van der Waals surface area (Å²) in [7, 11) is 0. The number of aromatic nitrogens is 2. The van der Waals surface area contributed by atoms with Gasteiger partial charge in [-0.05, 0) is 20.8 Å². The van der Waals surface area contributed by atoms with Gasteiger partial charge in [0.15, 0.2) is 17.9 Å². The van der Waals surface area contributed by atoms with Crippen LogP contribution in [-0.4, -0.2) is 44.1 Å². The lowest BCUT2D eigenvalue weighted by Gasteiger charge is -2.18. The Labute approximate surface area is 115 Å². The number of hydrogen-bond donors (Lipinski definition) is 3. The molecule has 0 unspecified atom stereocenters. The quantitative estimate of drug-likeness (QED) is 0.715. The molecule has 0 saturated carbocycles. The number of halogens is 1. The van der Waals surface area contributed by atoms with E-state index in [0.717, 1.165) is 10.8 Å². The van der Waals surface area contributed by atoms with Crippen LogP contribution < -0.4 is 11.0 Å². The maximum absolute atomic E-state index is 13.9. The molecule has 2 heterocycles. The van der Waals surface area contributed by atoms with Crippen LogP contribution in [-0.2, 0) is 4.74 Å². The van der Waals surface area contributed by atoms with Crippen molar-refractivity contribution < 1.29 is 19.3 Å². The zero-order valence-electron chi connectivity index (χ0n) is 11.4. The second-order valence-corrected chi connectivity index (χ2v) is 5.14. The van der Waals surface area contributed by atoms with Crippen molar-refractivity contribution in [2.24, 2.45) is 0 Å². The van der Waals surface area contributed by atoms with Gasteiger partial charge < -0.3 is 20.3 Å². The zero-order valence-corrected chi connectivity index (χ0v) is 11.4. The SMILES string of the molecule is CC(C)Nc1nc(=O)n([C@@H]2O[C@H](C)[C@@H](O)[C@H]2O)cc1F. The van der Waals surface area contributed by atoms with Crippen molar-refractivity contribution in [2.45, 2.75) is 51.4 Å². The minimum atomic E-state index is -1.31. The molecule has 3 N–H and O–H groups in total. The van der Waals surface area contributed by atoms with E-state index >= 15 is 0 Å². The predicted molar refractivity (Wildman–Crippen MR) is 68.8 cm³/mol. The lowest BCUT2D eigenvalue weighted by Crippen LogP contribution is -2.36. The molecule has 1 saturated heterocycles. The molecule has 112 valence electrons. The van der Waals surface area contributed by atoms with E-state index in [2.05, 4.69) is 10.3 Å². The van der Waals surface area contributed by atoms with Gasteiger partial charge in [0, 0.05) is 6.04 Å². The molecule has 2 rings (SSSR count). The molecule has 1 aliphatic heterocycles. The molecule has 0 spiro atoms. The molecule has 4 atom stereocenters. The van der Waals surface area contributed by atoms with Crippen LogP contribution in [0, 0.1) is 5.82 Å². The minimum absolute atomic E-state index is 0.0811. The molecule has 1 aliphatic rings. The second-order valence-electron chi connectivity index (χ2n) is 5.14. The van der Waals surface area contributed by atoms with E-state index in [1.807, 2.05) is 0 Å². The lowest BCUT2D eigenvalue weighted by molar-refractivity contribution is -0.0355. The minimum Gasteiger partial charge on any atom is -0.388 e. The second kappa shape index (κ2) is 5.47. The standard InChI is InChI=1S/C12H18FN3O4/c1-5(2)14-10-7(13)4-16(12(19)15-10)11-9(18)8(17)6(3)20-11/h4-6,8-9,11,17-18H,1-3H3,(H,14,15,19)/t6-,8-,9-,11-/m1/s1. The van der Waals surface area contributed by atoms with E-state index in [0.29, 0.717) is 0 Å². The fraction of sp³-hybridized carbons (Fsp3) is 0.667. The van der Waals surface area contributed by atoms with Gasteiger partial charge in [-0.15, -0.1) is 0 Å². The predicted octanol–water partition coefficient (Wildman–Crippen LogP) is -0.158. The number of aliphatic hydroxyl groups excluding tert-OH is 2. The number of nitrogens with zero attached hydrogens (tertiary/aromatic N) is 2. The molecule has 0 radical (unpaired) electrons. The van der Waals surface area contributed by atoms with Crippen LogP contribution in [0.1, 0.15) is 27.0 Å². The zero-order chi connectivity index (χ0) is 15.0. The number of anilines is 1. The summed E-state index contributed by atoms with van der Waals surface area (Å²) in [5, 5.41) is 22.1.